The molecule has 0 aliphatic heterocycles. The number of ether oxygens (including phenoxy) is 1. The van der Waals surface area contributed by atoms with Crippen LogP contribution in [-0.4, -0.2) is 11.4 Å². The Hall–Kier alpha value is -1.59. The van der Waals surface area contributed by atoms with Crippen LogP contribution in [0.5, 0.6) is 11.5 Å². The van der Waals surface area contributed by atoms with Crippen molar-refractivity contribution in [2.24, 2.45) is 0 Å². The fourth-order valence-electron chi connectivity index (χ4n) is 1.58. The number of aromatic hydroxyl groups is 1. The molecule has 1 N–H and O–H groups in total. The van der Waals surface area contributed by atoms with Crippen LogP contribution < -0.4 is 4.74 Å². The molecule has 0 aliphatic rings. The van der Waals surface area contributed by atoms with Gasteiger partial charge in [0.15, 0.2) is 6.29 Å². The van der Waals surface area contributed by atoms with Gasteiger partial charge < -0.3 is 9.84 Å². The summed E-state index contributed by atoms with van der Waals surface area (Å²) in [4.78, 5) is 10.6. The van der Waals surface area contributed by atoms with Crippen molar-refractivity contribution in [3.63, 3.8) is 0 Å². The van der Waals surface area contributed by atoms with Gasteiger partial charge in [-0.05, 0) is 28.1 Å². The zero-order valence-electron chi connectivity index (χ0n) is 10.1. The third kappa shape index (κ3) is 3.11. The fraction of sp³-hybridized carbons (Fsp3) is 0.0714. The smallest absolute Gasteiger partial charge is 0.153 e. The molecule has 0 saturated carbocycles. The lowest BCUT2D eigenvalue weighted by Gasteiger charge is -2.10. The van der Waals surface area contributed by atoms with Crippen molar-refractivity contribution in [3.8, 4) is 11.5 Å². The second-order valence-corrected chi connectivity index (χ2v) is 5.22. The molecule has 2 rings (SSSR count). The Kier molecular flexibility index (Phi) is 4.62. The highest BCUT2D eigenvalue weighted by Crippen LogP contribution is 2.32. The summed E-state index contributed by atoms with van der Waals surface area (Å²) in [6.07, 6.45) is 0.485. The molecule has 0 aromatic heterocycles. The maximum Gasteiger partial charge on any atom is 0.153 e. The van der Waals surface area contributed by atoms with Gasteiger partial charge in [0.05, 0.1) is 15.1 Å². The maximum absolute atomic E-state index is 13.7. The van der Waals surface area contributed by atoms with E-state index >= 15 is 0 Å². The van der Waals surface area contributed by atoms with Crippen molar-refractivity contribution in [1.29, 1.82) is 0 Å². The molecular formula is C14H9BrClFO3. The molecular weight excluding hydrogens is 351 g/mol. The Labute approximate surface area is 128 Å². The van der Waals surface area contributed by atoms with Gasteiger partial charge in [0, 0.05) is 11.6 Å². The van der Waals surface area contributed by atoms with Crippen molar-refractivity contribution in [2.45, 2.75) is 6.61 Å². The van der Waals surface area contributed by atoms with E-state index < -0.39 is 5.82 Å². The molecule has 0 heterocycles. The zero-order chi connectivity index (χ0) is 14.7. The van der Waals surface area contributed by atoms with Crippen LogP contribution in [-0.2, 0) is 6.61 Å². The Balaban J connectivity index is 2.21. The van der Waals surface area contributed by atoms with Gasteiger partial charge in [-0.1, -0.05) is 23.7 Å². The van der Waals surface area contributed by atoms with Crippen LogP contribution in [0.3, 0.4) is 0 Å². The van der Waals surface area contributed by atoms with E-state index in [-0.39, 0.29) is 28.7 Å². The third-order valence-electron chi connectivity index (χ3n) is 2.62. The van der Waals surface area contributed by atoms with Gasteiger partial charge in [0.25, 0.3) is 0 Å². The van der Waals surface area contributed by atoms with E-state index in [2.05, 4.69) is 15.9 Å². The van der Waals surface area contributed by atoms with E-state index in [1.54, 1.807) is 18.2 Å². The molecule has 0 amide bonds. The van der Waals surface area contributed by atoms with Gasteiger partial charge in [0.2, 0.25) is 0 Å². The predicted molar refractivity (Wildman–Crippen MR) is 76.9 cm³/mol. The molecule has 3 nitrogen and oxygen atoms in total. The fourth-order valence-corrected chi connectivity index (χ4v) is 2.21. The Morgan fingerprint density at radius 1 is 1.40 bits per heavy atom. The number of phenolic OH excluding ortho intramolecular Hbond substituents is 1. The molecule has 0 unspecified atom stereocenters. The molecule has 2 aromatic carbocycles. The first-order valence-corrected chi connectivity index (χ1v) is 6.73. The summed E-state index contributed by atoms with van der Waals surface area (Å²) in [5, 5.41) is 9.73. The highest BCUT2D eigenvalue weighted by molar-refractivity contribution is 9.10. The second-order valence-electron chi connectivity index (χ2n) is 3.96. The molecule has 0 saturated heterocycles. The summed E-state index contributed by atoms with van der Waals surface area (Å²) >= 11 is 9.00. The monoisotopic (exact) mass is 358 g/mol. The lowest BCUT2D eigenvalue weighted by molar-refractivity contribution is 0.112. The van der Waals surface area contributed by atoms with E-state index in [1.807, 2.05) is 0 Å². The number of aldehydes is 1. The molecule has 6 heteroatoms. The Bertz CT molecular complexity index is 661. The number of rotatable bonds is 4. The lowest BCUT2D eigenvalue weighted by atomic mass is 10.2. The molecule has 104 valence electrons. The lowest BCUT2D eigenvalue weighted by Crippen LogP contribution is -2.00. The largest absolute Gasteiger partial charge is 0.507 e. The highest BCUT2D eigenvalue weighted by atomic mass is 79.9. The van der Waals surface area contributed by atoms with Crippen molar-refractivity contribution < 1.29 is 19.0 Å². The van der Waals surface area contributed by atoms with E-state index in [0.29, 0.717) is 16.3 Å². The molecule has 0 atom stereocenters. The Morgan fingerprint density at radius 3 is 2.85 bits per heavy atom. The summed E-state index contributed by atoms with van der Waals surface area (Å²) in [7, 11) is 0. The minimum atomic E-state index is -0.419. The Morgan fingerprint density at radius 2 is 2.15 bits per heavy atom. The summed E-state index contributed by atoms with van der Waals surface area (Å²) in [6.45, 7) is -0.0507. The normalized spacial score (nSPS) is 10.3. The maximum atomic E-state index is 13.7. The van der Waals surface area contributed by atoms with Gasteiger partial charge in [-0.15, -0.1) is 0 Å². The van der Waals surface area contributed by atoms with E-state index in [1.165, 1.54) is 12.1 Å². The molecule has 0 spiro atoms. The van der Waals surface area contributed by atoms with Gasteiger partial charge in [-0.25, -0.2) is 4.39 Å². The van der Waals surface area contributed by atoms with Crippen LogP contribution in [0.1, 0.15) is 15.9 Å². The number of phenols is 1. The molecule has 0 radical (unpaired) electrons. The minimum Gasteiger partial charge on any atom is -0.507 e. The van der Waals surface area contributed by atoms with E-state index in [9.17, 15) is 14.3 Å². The first kappa shape index (κ1) is 14.8. The van der Waals surface area contributed by atoms with E-state index in [0.717, 1.165) is 0 Å². The van der Waals surface area contributed by atoms with Crippen LogP contribution in [0.15, 0.2) is 34.8 Å². The quantitative estimate of drug-likeness (QED) is 0.826. The van der Waals surface area contributed by atoms with Crippen molar-refractivity contribution in [2.75, 3.05) is 0 Å². The number of hydrogen-bond donors (Lipinski definition) is 1. The topological polar surface area (TPSA) is 46.5 Å². The average molecular weight is 360 g/mol. The van der Waals surface area contributed by atoms with Crippen LogP contribution in [0.25, 0.3) is 0 Å². The van der Waals surface area contributed by atoms with Crippen molar-refractivity contribution in [3.05, 3.63) is 56.8 Å². The zero-order valence-corrected chi connectivity index (χ0v) is 12.4. The van der Waals surface area contributed by atoms with Gasteiger partial charge in [0.1, 0.15) is 23.9 Å². The van der Waals surface area contributed by atoms with Gasteiger partial charge >= 0.3 is 0 Å². The number of hydrogen-bond acceptors (Lipinski definition) is 3. The summed E-state index contributed by atoms with van der Waals surface area (Å²) in [5.74, 6) is -0.486. The van der Waals surface area contributed by atoms with Crippen LogP contribution in [0.4, 0.5) is 4.39 Å². The van der Waals surface area contributed by atoms with E-state index in [4.69, 9.17) is 16.3 Å². The number of benzene rings is 2. The van der Waals surface area contributed by atoms with Crippen LogP contribution in [0.2, 0.25) is 5.02 Å². The molecule has 0 bridgehead atoms. The molecule has 0 aliphatic carbocycles. The van der Waals surface area contributed by atoms with Gasteiger partial charge in [-0.2, -0.15) is 0 Å². The standard InChI is InChI=1S/C14H9BrClFO3/c15-10-3-1-2-8(14(10)17)7-20-13-5-12(19)9(6-18)4-11(13)16/h1-6,19H,7H2. The van der Waals surface area contributed by atoms with Crippen molar-refractivity contribution in [1.82, 2.24) is 0 Å². The summed E-state index contributed by atoms with van der Waals surface area (Å²) in [6, 6.07) is 7.35. The number of halogens is 3. The first-order chi connectivity index (χ1) is 9.52. The summed E-state index contributed by atoms with van der Waals surface area (Å²) in [5.41, 5.74) is 0.408. The highest BCUT2D eigenvalue weighted by Gasteiger charge is 2.11. The minimum absolute atomic E-state index is 0.0507. The SMILES string of the molecule is O=Cc1cc(Cl)c(OCc2cccc(Br)c2F)cc1O. The number of carbonyl (C=O) groups is 1. The summed E-state index contributed by atoms with van der Waals surface area (Å²) < 4.78 is 19.5. The van der Waals surface area contributed by atoms with Gasteiger partial charge in [-0.3, -0.25) is 4.79 Å². The van der Waals surface area contributed by atoms with Crippen molar-refractivity contribution >= 4 is 33.8 Å². The third-order valence-corrected chi connectivity index (χ3v) is 3.53. The molecule has 2 aromatic rings. The number of carbonyl (C=O) groups excluding carboxylic acids is 1. The predicted octanol–water partition coefficient (Wildman–Crippen LogP) is 4.34. The van der Waals surface area contributed by atoms with Crippen LogP contribution >= 0.6 is 27.5 Å². The van der Waals surface area contributed by atoms with Crippen LogP contribution in [0, 0.1) is 5.82 Å². The first-order valence-electron chi connectivity index (χ1n) is 5.56. The molecule has 0 fully saturated rings. The second kappa shape index (κ2) is 6.24. The molecule has 20 heavy (non-hydrogen) atoms. The average Bonchev–Trinajstić information content (AvgIpc) is 2.43.